The second kappa shape index (κ2) is 5.71. The lowest BCUT2D eigenvalue weighted by atomic mass is 10.1. The number of aromatic nitrogens is 1. The van der Waals surface area contributed by atoms with Gasteiger partial charge in [-0.2, -0.15) is 0 Å². The summed E-state index contributed by atoms with van der Waals surface area (Å²) in [6.45, 7) is 2.14. The maximum absolute atomic E-state index is 11.0. The van der Waals surface area contributed by atoms with Gasteiger partial charge in [0, 0.05) is 16.8 Å². The van der Waals surface area contributed by atoms with Gasteiger partial charge in [-0.25, -0.2) is 9.78 Å². The van der Waals surface area contributed by atoms with Crippen LogP contribution >= 0.6 is 11.6 Å². The SMILES string of the molecule is Cc1ccc(COc2cccnc2C(=O)O)c(Cl)c1. The molecule has 2 rings (SSSR count). The van der Waals surface area contributed by atoms with E-state index in [9.17, 15) is 4.79 Å². The summed E-state index contributed by atoms with van der Waals surface area (Å²) in [7, 11) is 0. The van der Waals surface area contributed by atoms with E-state index in [1.54, 1.807) is 12.1 Å². The molecule has 0 unspecified atom stereocenters. The molecule has 0 fully saturated rings. The van der Waals surface area contributed by atoms with Crippen molar-refractivity contribution in [2.24, 2.45) is 0 Å². The number of carbonyl (C=O) groups is 1. The highest BCUT2D eigenvalue weighted by Crippen LogP contribution is 2.21. The van der Waals surface area contributed by atoms with Crippen LogP contribution in [-0.2, 0) is 6.61 Å². The summed E-state index contributed by atoms with van der Waals surface area (Å²) in [5.74, 6) is -0.891. The van der Waals surface area contributed by atoms with Crippen molar-refractivity contribution in [1.29, 1.82) is 0 Å². The van der Waals surface area contributed by atoms with E-state index in [1.165, 1.54) is 6.20 Å². The molecule has 1 aromatic carbocycles. The van der Waals surface area contributed by atoms with Gasteiger partial charge in [0.05, 0.1) is 0 Å². The number of aryl methyl sites for hydroxylation is 1. The minimum absolute atomic E-state index is 0.106. The van der Waals surface area contributed by atoms with Gasteiger partial charge in [0.2, 0.25) is 0 Å². The number of hydrogen-bond acceptors (Lipinski definition) is 3. The molecule has 0 atom stereocenters. The van der Waals surface area contributed by atoms with E-state index in [2.05, 4.69) is 4.98 Å². The van der Waals surface area contributed by atoms with Gasteiger partial charge < -0.3 is 9.84 Å². The number of rotatable bonds is 4. The van der Waals surface area contributed by atoms with Crippen LogP contribution in [0.1, 0.15) is 21.6 Å². The van der Waals surface area contributed by atoms with Crippen molar-refractivity contribution in [3.63, 3.8) is 0 Å². The summed E-state index contributed by atoms with van der Waals surface area (Å²) >= 11 is 6.09. The van der Waals surface area contributed by atoms with E-state index in [0.29, 0.717) is 5.02 Å². The number of nitrogens with zero attached hydrogens (tertiary/aromatic N) is 1. The molecule has 0 aliphatic rings. The number of carboxylic acids is 1. The quantitative estimate of drug-likeness (QED) is 0.931. The second-order valence-corrected chi connectivity index (χ2v) is 4.45. The minimum atomic E-state index is -1.12. The van der Waals surface area contributed by atoms with Crippen LogP contribution < -0.4 is 4.74 Å². The first-order valence-corrected chi connectivity index (χ1v) is 6.02. The third-order valence-corrected chi connectivity index (χ3v) is 2.92. The lowest BCUT2D eigenvalue weighted by molar-refractivity contribution is 0.0685. The lowest BCUT2D eigenvalue weighted by Gasteiger charge is -2.09. The summed E-state index contributed by atoms with van der Waals surface area (Å²) in [5.41, 5.74) is 1.75. The van der Waals surface area contributed by atoms with Gasteiger partial charge in [-0.1, -0.05) is 23.7 Å². The van der Waals surface area contributed by atoms with E-state index in [0.717, 1.165) is 11.1 Å². The van der Waals surface area contributed by atoms with Crippen molar-refractivity contribution < 1.29 is 14.6 Å². The first-order chi connectivity index (χ1) is 9.08. The molecule has 1 heterocycles. The Balaban J connectivity index is 2.17. The van der Waals surface area contributed by atoms with Crippen molar-refractivity contribution in [3.05, 3.63) is 58.4 Å². The van der Waals surface area contributed by atoms with E-state index >= 15 is 0 Å². The van der Waals surface area contributed by atoms with Gasteiger partial charge in [-0.05, 0) is 30.7 Å². The number of halogens is 1. The molecule has 4 nitrogen and oxygen atoms in total. The van der Waals surface area contributed by atoms with Gasteiger partial charge in [-0.3, -0.25) is 0 Å². The Kier molecular flexibility index (Phi) is 4.02. The van der Waals surface area contributed by atoms with Gasteiger partial charge in [0.1, 0.15) is 6.61 Å². The maximum Gasteiger partial charge on any atom is 0.358 e. The van der Waals surface area contributed by atoms with E-state index in [4.69, 9.17) is 21.4 Å². The standard InChI is InChI=1S/C14H12ClNO3/c1-9-4-5-10(11(15)7-9)8-19-12-3-2-6-16-13(12)14(17)18/h2-7H,8H2,1H3,(H,17,18). The molecule has 5 heteroatoms. The first kappa shape index (κ1) is 13.4. The molecule has 1 aromatic heterocycles. The van der Waals surface area contributed by atoms with Crippen molar-refractivity contribution in [3.8, 4) is 5.75 Å². The van der Waals surface area contributed by atoms with Gasteiger partial charge in [0.15, 0.2) is 11.4 Å². The van der Waals surface area contributed by atoms with E-state index in [1.807, 2.05) is 25.1 Å². The Morgan fingerprint density at radius 2 is 2.21 bits per heavy atom. The molecule has 1 N–H and O–H groups in total. The highest BCUT2D eigenvalue weighted by Gasteiger charge is 2.12. The lowest BCUT2D eigenvalue weighted by Crippen LogP contribution is -2.05. The minimum Gasteiger partial charge on any atom is -0.486 e. The zero-order valence-electron chi connectivity index (χ0n) is 10.3. The molecular formula is C14H12ClNO3. The molecule has 0 bridgehead atoms. The van der Waals surface area contributed by atoms with Crippen LogP contribution in [0.4, 0.5) is 0 Å². The van der Waals surface area contributed by atoms with Crippen LogP contribution in [0.5, 0.6) is 5.75 Å². The summed E-state index contributed by atoms with van der Waals surface area (Å²) in [4.78, 5) is 14.7. The van der Waals surface area contributed by atoms with Crippen LogP contribution in [0.3, 0.4) is 0 Å². The first-order valence-electron chi connectivity index (χ1n) is 5.64. The number of carboxylic acid groups (broad SMARTS) is 1. The van der Waals surface area contributed by atoms with Crippen LogP contribution in [-0.4, -0.2) is 16.1 Å². The number of ether oxygens (including phenoxy) is 1. The van der Waals surface area contributed by atoms with Crippen LogP contribution in [0.15, 0.2) is 36.5 Å². The molecule has 0 saturated carbocycles. The molecule has 0 amide bonds. The van der Waals surface area contributed by atoms with Crippen LogP contribution in [0, 0.1) is 6.92 Å². The van der Waals surface area contributed by atoms with Gasteiger partial charge >= 0.3 is 5.97 Å². The molecule has 0 saturated heterocycles. The van der Waals surface area contributed by atoms with Crippen molar-refractivity contribution in [1.82, 2.24) is 4.98 Å². The average Bonchev–Trinajstić information content (AvgIpc) is 2.38. The molecule has 19 heavy (non-hydrogen) atoms. The zero-order chi connectivity index (χ0) is 13.8. The molecule has 0 spiro atoms. The third-order valence-electron chi connectivity index (χ3n) is 2.57. The number of aromatic carboxylic acids is 1. The third kappa shape index (κ3) is 3.23. The number of hydrogen-bond donors (Lipinski definition) is 1. The number of pyridine rings is 1. The summed E-state index contributed by atoms with van der Waals surface area (Å²) in [5, 5.41) is 9.58. The molecule has 0 aliphatic heterocycles. The summed E-state index contributed by atoms with van der Waals surface area (Å²) in [6, 6.07) is 8.80. The van der Waals surface area contributed by atoms with Gasteiger partial charge in [0.25, 0.3) is 0 Å². The zero-order valence-corrected chi connectivity index (χ0v) is 11.0. The number of benzene rings is 1. The summed E-state index contributed by atoms with van der Waals surface area (Å²) < 4.78 is 5.48. The Bertz CT molecular complexity index is 613. The predicted octanol–water partition coefficient (Wildman–Crippen LogP) is 3.32. The Morgan fingerprint density at radius 1 is 1.42 bits per heavy atom. The molecule has 2 aromatic rings. The smallest absolute Gasteiger partial charge is 0.358 e. The molecular weight excluding hydrogens is 266 g/mol. The molecule has 98 valence electrons. The van der Waals surface area contributed by atoms with Crippen molar-refractivity contribution in [2.75, 3.05) is 0 Å². The van der Waals surface area contributed by atoms with E-state index in [-0.39, 0.29) is 18.1 Å². The fourth-order valence-corrected chi connectivity index (χ4v) is 1.88. The predicted molar refractivity (Wildman–Crippen MR) is 71.7 cm³/mol. The highest BCUT2D eigenvalue weighted by atomic mass is 35.5. The monoisotopic (exact) mass is 277 g/mol. The Morgan fingerprint density at radius 3 is 2.89 bits per heavy atom. The molecule has 0 aliphatic carbocycles. The second-order valence-electron chi connectivity index (χ2n) is 4.04. The largest absolute Gasteiger partial charge is 0.486 e. The van der Waals surface area contributed by atoms with Gasteiger partial charge in [-0.15, -0.1) is 0 Å². The Labute approximate surface area is 115 Å². The van der Waals surface area contributed by atoms with Crippen molar-refractivity contribution in [2.45, 2.75) is 13.5 Å². The Hall–Kier alpha value is -2.07. The maximum atomic E-state index is 11.0. The van der Waals surface area contributed by atoms with Crippen molar-refractivity contribution >= 4 is 17.6 Å². The normalized spacial score (nSPS) is 10.2. The summed E-state index contributed by atoms with van der Waals surface area (Å²) in [6.07, 6.45) is 1.41. The van der Waals surface area contributed by atoms with Crippen LogP contribution in [0.2, 0.25) is 5.02 Å². The topological polar surface area (TPSA) is 59.4 Å². The fraction of sp³-hybridized carbons (Fsp3) is 0.143. The van der Waals surface area contributed by atoms with Crippen LogP contribution in [0.25, 0.3) is 0 Å². The fourth-order valence-electron chi connectivity index (χ4n) is 1.59. The molecule has 0 radical (unpaired) electrons. The van der Waals surface area contributed by atoms with E-state index < -0.39 is 5.97 Å². The average molecular weight is 278 g/mol. The highest BCUT2D eigenvalue weighted by molar-refractivity contribution is 6.31.